The molecule has 0 N–H and O–H groups in total. The van der Waals surface area contributed by atoms with E-state index in [9.17, 15) is 13.6 Å². The number of methoxy groups -OCH3 is 1. The van der Waals surface area contributed by atoms with Crippen LogP contribution in [0.4, 0.5) is 8.78 Å². The van der Waals surface area contributed by atoms with Gasteiger partial charge in [-0.1, -0.05) is 38.7 Å². The minimum atomic E-state index is -0.689. The smallest absolute Gasteiger partial charge is 0.313 e. The van der Waals surface area contributed by atoms with Gasteiger partial charge in [-0.05, 0) is 12.5 Å². The highest BCUT2D eigenvalue weighted by Gasteiger charge is 2.24. The van der Waals surface area contributed by atoms with E-state index in [0.717, 1.165) is 31.7 Å². The molecule has 1 rings (SSSR count). The first-order chi connectivity index (χ1) is 9.10. The van der Waals surface area contributed by atoms with E-state index >= 15 is 0 Å². The van der Waals surface area contributed by atoms with Crippen LogP contribution in [0, 0.1) is 11.6 Å². The summed E-state index contributed by atoms with van der Waals surface area (Å²) in [7, 11) is 1.28. The van der Waals surface area contributed by atoms with Crippen LogP contribution < -0.4 is 0 Å². The van der Waals surface area contributed by atoms with E-state index < -0.39 is 23.5 Å². The Labute approximate surface area is 112 Å². The molecule has 1 unspecified atom stereocenters. The van der Waals surface area contributed by atoms with Crippen LogP contribution in [0.25, 0.3) is 0 Å². The van der Waals surface area contributed by atoms with E-state index in [-0.39, 0.29) is 5.56 Å². The van der Waals surface area contributed by atoms with Gasteiger partial charge < -0.3 is 4.74 Å². The lowest BCUT2D eigenvalue weighted by Crippen LogP contribution is -2.16. The summed E-state index contributed by atoms with van der Waals surface area (Å²) in [6.45, 7) is 2.09. The molecule has 0 saturated carbocycles. The molecule has 1 atom stereocenters. The molecule has 1 aromatic rings. The number of unbranched alkanes of at least 4 members (excludes halogenated alkanes) is 3. The molecule has 0 fully saturated rings. The zero-order valence-corrected chi connectivity index (χ0v) is 11.4. The fourth-order valence-electron chi connectivity index (χ4n) is 2.10. The quantitative estimate of drug-likeness (QED) is 0.548. The maximum Gasteiger partial charge on any atom is 0.313 e. The van der Waals surface area contributed by atoms with Crippen molar-refractivity contribution in [1.29, 1.82) is 0 Å². The van der Waals surface area contributed by atoms with Crippen LogP contribution in [-0.2, 0) is 9.53 Å². The van der Waals surface area contributed by atoms with Gasteiger partial charge in [0.25, 0.3) is 0 Å². The van der Waals surface area contributed by atoms with Crippen molar-refractivity contribution in [2.24, 2.45) is 0 Å². The molecule has 0 radical (unpaired) electrons. The third-order valence-corrected chi connectivity index (χ3v) is 3.17. The lowest BCUT2D eigenvalue weighted by Gasteiger charge is -2.15. The zero-order chi connectivity index (χ0) is 14.3. The summed E-state index contributed by atoms with van der Waals surface area (Å²) in [5.41, 5.74) is 0.213. The molecule has 0 bridgehead atoms. The van der Waals surface area contributed by atoms with Crippen LogP contribution in [0.2, 0.25) is 0 Å². The van der Waals surface area contributed by atoms with Gasteiger partial charge >= 0.3 is 5.97 Å². The molecule has 19 heavy (non-hydrogen) atoms. The van der Waals surface area contributed by atoms with Crippen LogP contribution in [0.5, 0.6) is 0 Å². The van der Waals surface area contributed by atoms with Gasteiger partial charge in [0.15, 0.2) is 0 Å². The summed E-state index contributed by atoms with van der Waals surface area (Å²) in [5.74, 6) is -2.45. The van der Waals surface area contributed by atoms with Crippen molar-refractivity contribution in [1.82, 2.24) is 0 Å². The van der Waals surface area contributed by atoms with Gasteiger partial charge in [-0.25, -0.2) is 8.78 Å². The molecule has 0 saturated heterocycles. The Morgan fingerprint density at radius 1 is 1.26 bits per heavy atom. The van der Waals surface area contributed by atoms with E-state index in [1.54, 1.807) is 0 Å². The fourth-order valence-corrected chi connectivity index (χ4v) is 2.10. The lowest BCUT2D eigenvalue weighted by atomic mass is 9.92. The van der Waals surface area contributed by atoms with E-state index in [2.05, 4.69) is 6.92 Å². The van der Waals surface area contributed by atoms with Crippen molar-refractivity contribution in [3.8, 4) is 0 Å². The second-order valence-electron chi connectivity index (χ2n) is 4.59. The Hall–Kier alpha value is -1.45. The van der Waals surface area contributed by atoms with Crippen molar-refractivity contribution >= 4 is 5.97 Å². The van der Waals surface area contributed by atoms with Gasteiger partial charge in [-0.3, -0.25) is 4.79 Å². The van der Waals surface area contributed by atoms with Crippen molar-refractivity contribution in [3.05, 3.63) is 35.4 Å². The Balaban J connectivity index is 2.81. The summed E-state index contributed by atoms with van der Waals surface area (Å²) in [6.07, 6.45) is 4.51. The topological polar surface area (TPSA) is 26.3 Å². The molecule has 0 aliphatic rings. The van der Waals surface area contributed by atoms with Crippen LogP contribution >= 0.6 is 0 Å². The number of benzene rings is 1. The Bertz CT molecular complexity index is 419. The highest BCUT2D eigenvalue weighted by Crippen LogP contribution is 2.27. The number of rotatable bonds is 7. The minimum absolute atomic E-state index is 0.213. The second kappa shape index (κ2) is 7.87. The monoisotopic (exact) mass is 270 g/mol. The maximum atomic E-state index is 13.7. The molecule has 0 amide bonds. The molecular formula is C15H20F2O2. The summed E-state index contributed by atoms with van der Waals surface area (Å²) in [4.78, 5) is 11.7. The normalized spacial score (nSPS) is 12.2. The number of carbonyl (C=O) groups is 1. The summed E-state index contributed by atoms with van der Waals surface area (Å²) in [6, 6.07) is 3.30. The summed E-state index contributed by atoms with van der Waals surface area (Å²) < 4.78 is 31.3. The number of hydrogen-bond acceptors (Lipinski definition) is 2. The Kier molecular flexibility index (Phi) is 6.46. The number of ether oxygens (including phenoxy) is 1. The number of carbonyl (C=O) groups excluding carboxylic acids is 1. The Morgan fingerprint density at radius 2 is 2.00 bits per heavy atom. The van der Waals surface area contributed by atoms with Gasteiger partial charge in [-0.2, -0.15) is 0 Å². The maximum absolute atomic E-state index is 13.7. The molecule has 4 heteroatoms. The highest BCUT2D eigenvalue weighted by molar-refractivity contribution is 5.78. The predicted molar refractivity (Wildman–Crippen MR) is 69.9 cm³/mol. The van der Waals surface area contributed by atoms with Crippen LogP contribution in [0.1, 0.15) is 50.5 Å². The van der Waals surface area contributed by atoms with Crippen molar-refractivity contribution in [3.63, 3.8) is 0 Å². The molecule has 1 aromatic carbocycles. The van der Waals surface area contributed by atoms with E-state index in [0.29, 0.717) is 6.42 Å². The first-order valence-electron chi connectivity index (χ1n) is 6.63. The van der Waals surface area contributed by atoms with Crippen molar-refractivity contribution in [2.45, 2.75) is 44.9 Å². The molecule has 2 nitrogen and oxygen atoms in total. The first-order valence-corrected chi connectivity index (χ1v) is 6.63. The van der Waals surface area contributed by atoms with Crippen LogP contribution in [0.15, 0.2) is 18.2 Å². The number of hydrogen-bond donors (Lipinski definition) is 0. The summed E-state index contributed by atoms with van der Waals surface area (Å²) >= 11 is 0. The lowest BCUT2D eigenvalue weighted by molar-refractivity contribution is -0.142. The minimum Gasteiger partial charge on any atom is -0.469 e. The predicted octanol–water partition coefficient (Wildman–Crippen LogP) is 4.19. The van der Waals surface area contributed by atoms with Crippen LogP contribution in [-0.4, -0.2) is 13.1 Å². The van der Waals surface area contributed by atoms with Gasteiger partial charge in [0, 0.05) is 11.6 Å². The standard InChI is InChI=1S/C15H20F2O2/c1-3-4-5-6-7-13(15(18)19-2)12-9-8-11(16)10-14(12)17/h8-10,13H,3-7H2,1-2H3. The zero-order valence-electron chi connectivity index (χ0n) is 11.4. The molecule has 0 aliphatic heterocycles. The van der Waals surface area contributed by atoms with E-state index in [1.165, 1.54) is 19.2 Å². The third-order valence-electron chi connectivity index (χ3n) is 3.17. The molecule has 0 heterocycles. The van der Waals surface area contributed by atoms with Crippen molar-refractivity contribution < 1.29 is 18.3 Å². The summed E-state index contributed by atoms with van der Waals surface area (Å²) in [5, 5.41) is 0. The molecule has 0 spiro atoms. The molecule has 0 aliphatic carbocycles. The Morgan fingerprint density at radius 3 is 2.58 bits per heavy atom. The largest absolute Gasteiger partial charge is 0.469 e. The van der Waals surface area contributed by atoms with Crippen molar-refractivity contribution in [2.75, 3.05) is 7.11 Å². The van der Waals surface area contributed by atoms with E-state index in [1.807, 2.05) is 0 Å². The van der Waals surface area contributed by atoms with Gasteiger partial charge in [-0.15, -0.1) is 0 Å². The average Bonchev–Trinajstić information content (AvgIpc) is 2.39. The average molecular weight is 270 g/mol. The van der Waals surface area contributed by atoms with Crippen LogP contribution in [0.3, 0.4) is 0 Å². The van der Waals surface area contributed by atoms with E-state index in [4.69, 9.17) is 4.74 Å². The van der Waals surface area contributed by atoms with Gasteiger partial charge in [0.05, 0.1) is 13.0 Å². The molecular weight excluding hydrogens is 250 g/mol. The SMILES string of the molecule is CCCCCCC(C(=O)OC)c1ccc(F)cc1F. The third kappa shape index (κ3) is 4.62. The molecule has 0 aromatic heterocycles. The number of esters is 1. The number of halogens is 2. The highest BCUT2D eigenvalue weighted by atomic mass is 19.1. The second-order valence-corrected chi connectivity index (χ2v) is 4.59. The van der Waals surface area contributed by atoms with Gasteiger partial charge in [0.1, 0.15) is 11.6 Å². The fraction of sp³-hybridized carbons (Fsp3) is 0.533. The first kappa shape index (κ1) is 15.6. The van der Waals surface area contributed by atoms with Gasteiger partial charge in [0.2, 0.25) is 0 Å². The molecule has 106 valence electrons.